The topological polar surface area (TPSA) is 131 Å². The second-order valence-electron chi connectivity index (χ2n) is 8.83. The van der Waals surface area contributed by atoms with Crippen LogP contribution < -0.4 is 19.5 Å². The number of amides is 1. The Bertz CT molecular complexity index is 1720. The van der Waals surface area contributed by atoms with Crippen molar-refractivity contribution < 1.29 is 30.8 Å². The molecule has 208 valence electrons. The van der Waals surface area contributed by atoms with Gasteiger partial charge in [0.05, 0.1) is 21.2 Å². The molecule has 40 heavy (non-hydrogen) atoms. The number of halogens is 1. The standard InChI is InChI=1S/C28H26FN3O6S2/c1-19-3-12-24(13-4-19)39(34,35)31-26-16-7-21(28(33)30-22-8-10-23(11-9-22)38-18-29)17-27(26)32-40(36,37)25-14-5-20(2)6-15-25/h3-17,31-32H,18H2,1-2H3,(H,30,33). The van der Waals surface area contributed by atoms with Gasteiger partial charge in [-0.25, -0.2) is 21.2 Å². The van der Waals surface area contributed by atoms with E-state index in [4.69, 9.17) is 4.74 Å². The molecule has 0 bridgehead atoms. The summed E-state index contributed by atoms with van der Waals surface area (Å²) in [7, 11) is -8.24. The van der Waals surface area contributed by atoms with Gasteiger partial charge >= 0.3 is 0 Å². The van der Waals surface area contributed by atoms with E-state index in [1.54, 1.807) is 24.3 Å². The first kappa shape index (κ1) is 28.6. The number of hydrogen-bond donors (Lipinski definition) is 3. The maximum Gasteiger partial charge on any atom is 0.261 e. The van der Waals surface area contributed by atoms with Gasteiger partial charge in [0.25, 0.3) is 26.0 Å². The van der Waals surface area contributed by atoms with Crippen LogP contribution in [0.25, 0.3) is 0 Å². The fourth-order valence-corrected chi connectivity index (χ4v) is 5.75. The fourth-order valence-electron chi connectivity index (χ4n) is 3.60. The Labute approximate surface area is 232 Å². The van der Waals surface area contributed by atoms with Crippen molar-refractivity contribution >= 4 is 43.0 Å². The highest BCUT2D eigenvalue weighted by molar-refractivity contribution is 7.93. The van der Waals surface area contributed by atoms with Gasteiger partial charge in [-0.05, 0) is 80.6 Å². The summed E-state index contributed by atoms with van der Waals surface area (Å²) in [6, 6.07) is 22.1. The summed E-state index contributed by atoms with van der Waals surface area (Å²) in [6.07, 6.45) is 0. The number of aryl methyl sites for hydroxylation is 2. The molecule has 0 heterocycles. The van der Waals surface area contributed by atoms with E-state index in [0.717, 1.165) is 11.1 Å². The number of hydrogen-bond acceptors (Lipinski definition) is 6. The minimum absolute atomic E-state index is 0.0209. The maximum atomic E-state index is 13.2. The van der Waals surface area contributed by atoms with E-state index >= 15 is 0 Å². The molecule has 0 fully saturated rings. The second kappa shape index (κ2) is 11.8. The summed E-state index contributed by atoms with van der Waals surface area (Å²) in [4.78, 5) is 12.9. The van der Waals surface area contributed by atoms with Gasteiger partial charge in [-0.1, -0.05) is 35.4 Å². The molecule has 3 N–H and O–H groups in total. The highest BCUT2D eigenvalue weighted by Gasteiger charge is 2.21. The molecule has 0 saturated carbocycles. The van der Waals surface area contributed by atoms with Crippen molar-refractivity contribution in [2.24, 2.45) is 0 Å². The molecule has 0 aliphatic carbocycles. The predicted molar refractivity (Wildman–Crippen MR) is 151 cm³/mol. The van der Waals surface area contributed by atoms with Gasteiger partial charge in [0.2, 0.25) is 6.86 Å². The van der Waals surface area contributed by atoms with E-state index in [-0.39, 0.29) is 32.5 Å². The third-order valence-corrected chi connectivity index (χ3v) is 8.53. The van der Waals surface area contributed by atoms with E-state index in [9.17, 15) is 26.0 Å². The number of sulfonamides is 2. The lowest BCUT2D eigenvalue weighted by atomic mass is 10.1. The maximum absolute atomic E-state index is 13.2. The molecule has 12 heteroatoms. The third-order valence-electron chi connectivity index (χ3n) is 5.77. The van der Waals surface area contributed by atoms with Gasteiger partial charge in [0.1, 0.15) is 5.75 Å². The van der Waals surface area contributed by atoms with Crippen LogP contribution in [0.1, 0.15) is 21.5 Å². The molecule has 0 spiro atoms. The second-order valence-corrected chi connectivity index (χ2v) is 12.2. The first-order chi connectivity index (χ1) is 19.0. The van der Waals surface area contributed by atoms with Crippen molar-refractivity contribution in [1.29, 1.82) is 0 Å². The lowest BCUT2D eigenvalue weighted by Gasteiger charge is -2.16. The van der Waals surface area contributed by atoms with E-state index in [1.807, 2.05) is 13.8 Å². The molecule has 4 rings (SSSR count). The molecule has 4 aromatic rings. The van der Waals surface area contributed by atoms with E-state index in [1.165, 1.54) is 66.7 Å². The summed E-state index contributed by atoms with van der Waals surface area (Å²) in [5, 5.41) is 2.65. The van der Waals surface area contributed by atoms with Gasteiger partial charge in [-0.2, -0.15) is 0 Å². The minimum atomic E-state index is -4.15. The Balaban J connectivity index is 1.68. The predicted octanol–water partition coefficient (Wildman–Crippen LogP) is 5.46. The molecule has 1 amide bonds. The molecule has 9 nitrogen and oxygen atoms in total. The number of anilines is 3. The highest BCUT2D eigenvalue weighted by Crippen LogP contribution is 2.29. The summed E-state index contributed by atoms with van der Waals surface area (Å²) in [5.41, 5.74) is 1.90. The van der Waals surface area contributed by atoms with Crippen LogP contribution in [0.15, 0.2) is 101 Å². The largest absolute Gasteiger partial charge is 0.463 e. The Kier molecular flexibility index (Phi) is 8.40. The van der Waals surface area contributed by atoms with Crippen molar-refractivity contribution in [3.8, 4) is 5.75 Å². The van der Waals surface area contributed by atoms with Crippen molar-refractivity contribution in [2.75, 3.05) is 21.6 Å². The molecular formula is C28H26FN3O6S2. The Morgan fingerprint density at radius 2 is 1.20 bits per heavy atom. The van der Waals surface area contributed by atoms with E-state index < -0.39 is 32.8 Å². The Hall–Kier alpha value is -4.42. The van der Waals surface area contributed by atoms with Crippen LogP contribution in [-0.4, -0.2) is 29.6 Å². The number of ether oxygens (including phenoxy) is 1. The molecular weight excluding hydrogens is 557 g/mol. The zero-order valence-electron chi connectivity index (χ0n) is 21.5. The van der Waals surface area contributed by atoms with Crippen LogP contribution in [0.3, 0.4) is 0 Å². The number of carbonyl (C=O) groups is 1. The Morgan fingerprint density at radius 3 is 1.70 bits per heavy atom. The summed E-state index contributed by atoms with van der Waals surface area (Å²) < 4.78 is 74.4. The molecule has 0 atom stereocenters. The molecule has 0 aliphatic heterocycles. The number of rotatable bonds is 10. The average molecular weight is 584 g/mol. The van der Waals surface area contributed by atoms with Gasteiger partial charge in [0.15, 0.2) is 0 Å². The number of carbonyl (C=O) groups excluding carboxylic acids is 1. The van der Waals surface area contributed by atoms with E-state index in [0.29, 0.717) is 5.69 Å². The van der Waals surface area contributed by atoms with Gasteiger partial charge < -0.3 is 10.1 Å². The fraction of sp³-hybridized carbons (Fsp3) is 0.107. The number of nitrogens with one attached hydrogen (secondary N) is 3. The molecule has 0 aromatic heterocycles. The third kappa shape index (κ3) is 6.96. The molecule has 0 unspecified atom stereocenters. The molecule has 0 radical (unpaired) electrons. The zero-order chi connectivity index (χ0) is 28.9. The van der Waals surface area contributed by atoms with Crippen molar-refractivity contribution in [3.05, 3.63) is 108 Å². The van der Waals surface area contributed by atoms with Crippen molar-refractivity contribution in [2.45, 2.75) is 23.6 Å². The zero-order valence-corrected chi connectivity index (χ0v) is 23.1. The monoisotopic (exact) mass is 583 g/mol. The highest BCUT2D eigenvalue weighted by atomic mass is 32.2. The number of benzene rings is 4. The minimum Gasteiger partial charge on any atom is -0.463 e. The van der Waals surface area contributed by atoms with Crippen LogP contribution in [0.4, 0.5) is 21.5 Å². The van der Waals surface area contributed by atoms with Crippen LogP contribution in [0, 0.1) is 13.8 Å². The van der Waals surface area contributed by atoms with Crippen LogP contribution in [0.5, 0.6) is 5.75 Å². The van der Waals surface area contributed by atoms with Crippen LogP contribution in [0.2, 0.25) is 0 Å². The van der Waals surface area contributed by atoms with E-state index in [2.05, 4.69) is 14.8 Å². The number of alkyl halides is 1. The summed E-state index contributed by atoms with van der Waals surface area (Å²) in [5.74, 6) is -0.318. The van der Waals surface area contributed by atoms with Crippen molar-refractivity contribution in [3.63, 3.8) is 0 Å². The first-order valence-electron chi connectivity index (χ1n) is 11.9. The quantitative estimate of drug-likeness (QED) is 0.227. The lowest BCUT2D eigenvalue weighted by Crippen LogP contribution is -2.19. The lowest BCUT2D eigenvalue weighted by molar-refractivity contribution is 0.102. The van der Waals surface area contributed by atoms with Gasteiger partial charge in [0, 0.05) is 11.3 Å². The smallest absolute Gasteiger partial charge is 0.261 e. The molecule has 0 aliphatic rings. The van der Waals surface area contributed by atoms with Gasteiger partial charge in [-0.3, -0.25) is 14.2 Å². The first-order valence-corrected chi connectivity index (χ1v) is 14.9. The van der Waals surface area contributed by atoms with Crippen molar-refractivity contribution in [1.82, 2.24) is 0 Å². The molecule has 0 saturated heterocycles. The SMILES string of the molecule is Cc1ccc(S(=O)(=O)Nc2ccc(C(=O)Nc3ccc(OCF)cc3)cc2NS(=O)(=O)c2ccc(C)cc2)cc1. The average Bonchev–Trinajstić information content (AvgIpc) is 2.91. The Morgan fingerprint density at radius 1 is 0.700 bits per heavy atom. The van der Waals surface area contributed by atoms with Gasteiger partial charge in [-0.15, -0.1) is 0 Å². The van der Waals surface area contributed by atoms with Crippen LogP contribution in [-0.2, 0) is 20.0 Å². The summed E-state index contributed by atoms with van der Waals surface area (Å²) >= 11 is 0. The molecule has 4 aromatic carbocycles. The summed E-state index contributed by atoms with van der Waals surface area (Å²) in [6.45, 7) is 2.64. The van der Waals surface area contributed by atoms with Crippen LogP contribution >= 0.6 is 0 Å². The normalized spacial score (nSPS) is 11.5.